The third kappa shape index (κ3) is 5.73. The molecule has 1 N–H and O–H groups in total. The Balaban J connectivity index is 1.82. The maximum Gasteiger partial charge on any atom is 0.410 e. The number of hydrogen-bond acceptors (Lipinski definition) is 5. The van der Waals surface area contributed by atoms with E-state index in [4.69, 9.17) is 14.2 Å². The topological polar surface area (TPSA) is 60.0 Å². The van der Waals surface area contributed by atoms with E-state index in [1.165, 1.54) is 0 Å². The third-order valence-corrected chi connectivity index (χ3v) is 4.26. The lowest BCUT2D eigenvalue weighted by Gasteiger charge is -2.33. The van der Waals surface area contributed by atoms with E-state index in [9.17, 15) is 4.79 Å². The van der Waals surface area contributed by atoms with Gasteiger partial charge >= 0.3 is 6.09 Å². The zero-order chi connectivity index (χ0) is 18.4. The summed E-state index contributed by atoms with van der Waals surface area (Å²) in [6.45, 7) is 8.00. The summed E-state index contributed by atoms with van der Waals surface area (Å²) >= 11 is 0. The molecule has 1 heterocycles. The SMILES string of the molecule is COc1ccc(NCC2CCN(C(=O)OC(C)(C)C)CC2)c(OC)c1. The summed E-state index contributed by atoms with van der Waals surface area (Å²) in [6.07, 6.45) is 1.71. The molecule has 0 spiro atoms. The molecule has 1 aliphatic rings. The minimum absolute atomic E-state index is 0.212. The largest absolute Gasteiger partial charge is 0.497 e. The molecule has 0 unspecified atom stereocenters. The highest BCUT2D eigenvalue weighted by Gasteiger charge is 2.26. The maximum atomic E-state index is 12.1. The molecule has 0 radical (unpaired) electrons. The molecule has 0 atom stereocenters. The quantitative estimate of drug-likeness (QED) is 0.876. The second-order valence-corrected chi connectivity index (χ2v) is 7.36. The molecule has 25 heavy (non-hydrogen) atoms. The number of hydrogen-bond donors (Lipinski definition) is 1. The fraction of sp³-hybridized carbons (Fsp3) is 0.632. The average molecular weight is 350 g/mol. The Morgan fingerprint density at radius 3 is 2.44 bits per heavy atom. The molecule has 0 aromatic heterocycles. The Kier molecular flexibility index (Phi) is 6.39. The van der Waals surface area contributed by atoms with Gasteiger partial charge in [-0.15, -0.1) is 0 Å². The highest BCUT2D eigenvalue weighted by Crippen LogP contribution is 2.30. The fourth-order valence-electron chi connectivity index (χ4n) is 2.84. The van der Waals surface area contributed by atoms with Crippen molar-refractivity contribution in [1.29, 1.82) is 0 Å². The van der Waals surface area contributed by atoms with E-state index < -0.39 is 5.60 Å². The monoisotopic (exact) mass is 350 g/mol. The predicted octanol–water partition coefficient (Wildman–Crippen LogP) is 3.76. The number of carbonyl (C=O) groups is 1. The molecule has 1 saturated heterocycles. The van der Waals surface area contributed by atoms with Crippen molar-refractivity contribution < 1.29 is 19.0 Å². The van der Waals surface area contributed by atoms with Crippen molar-refractivity contribution in [3.8, 4) is 11.5 Å². The van der Waals surface area contributed by atoms with Crippen LogP contribution in [0.4, 0.5) is 10.5 Å². The molecule has 1 fully saturated rings. The molecule has 6 heteroatoms. The summed E-state index contributed by atoms with van der Waals surface area (Å²) in [5.74, 6) is 2.06. The Morgan fingerprint density at radius 1 is 1.20 bits per heavy atom. The molecule has 6 nitrogen and oxygen atoms in total. The minimum atomic E-state index is -0.444. The van der Waals surface area contributed by atoms with Crippen LogP contribution in [-0.4, -0.2) is 50.4 Å². The van der Waals surface area contributed by atoms with Gasteiger partial charge in [0.2, 0.25) is 0 Å². The number of carbonyl (C=O) groups excluding carboxylic acids is 1. The van der Waals surface area contributed by atoms with E-state index in [0.29, 0.717) is 5.92 Å². The van der Waals surface area contributed by atoms with E-state index in [1.54, 1.807) is 19.1 Å². The van der Waals surface area contributed by atoms with Gasteiger partial charge in [0, 0.05) is 25.7 Å². The van der Waals surface area contributed by atoms with Crippen LogP contribution in [0.15, 0.2) is 18.2 Å². The molecule has 1 aromatic carbocycles. The molecule has 0 aliphatic carbocycles. The van der Waals surface area contributed by atoms with Crippen molar-refractivity contribution in [2.45, 2.75) is 39.2 Å². The number of nitrogens with one attached hydrogen (secondary N) is 1. The molecule has 1 aromatic rings. The van der Waals surface area contributed by atoms with Crippen LogP contribution < -0.4 is 14.8 Å². The molecule has 0 bridgehead atoms. The highest BCUT2D eigenvalue weighted by molar-refractivity contribution is 5.68. The van der Waals surface area contributed by atoms with Gasteiger partial charge in [0.05, 0.1) is 19.9 Å². The molecule has 2 rings (SSSR count). The lowest BCUT2D eigenvalue weighted by molar-refractivity contribution is 0.0188. The Bertz CT molecular complexity index is 575. The first kappa shape index (κ1) is 19.2. The van der Waals surface area contributed by atoms with Gasteiger partial charge < -0.3 is 24.4 Å². The third-order valence-electron chi connectivity index (χ3n) is 4.26. The van der Waals surface area contributed by atoms with Crippen LogP contribution in [-0.2, 0) is 4.74 Å². The number of nitrogens with zero attached hydrogens (tertiary/aromatic N) is 1. The lowest BCUT2D eigenvalue weighted by atomic mass is 9.97. The van der Waals surface area contributed by atoms with Gasteiger partial charge in [-0.1, -0.05) is 0 Å². The average Bonchev–Trinajstić information content (AvgIpc) is 2.58. The number of anilines is 1. The fourth-order valence-corrected chi connectivity index (χ4v) is 2.84. The first-order chi connectivity index (χ1) is 11.8. The standard InChI is InChI=1S/C19H30N2O4/c1-19(2,3)25-18(22)21-10-8-14(9-11-21)13-20-16-7-6-15(23-4)12-17(16)24-5/h6-7,12,14,20H,8-11,13H2,1-5H3. The number of benzene rings is 1. The van der Waals surface area contributed by atoms with E-state index >= 15 is 0 Å². The van der Waals surface area contributed by atoms with Crippen molar-refractivity contribution in [2.24, 2.45) is 5.92 Å². The van der Waals surface area contributed by atoms with Crippen LogP contribution in [0.1, 0.15) is 33.6 Å². The number of amides is 1. The van der Waals surface area contributed by atoms with E-state index in [-0.39, 0.29) is 6.09 Å². The van der Waals surface area contributed by atoms with Crippen molar-refractivity contribution in [3.63, 3.8) is 0 Å². The summed E-state index contributed by atoms with van der Waals surface area (Å²) in [4.78, 5) is 13.9. The zero-order valence-electron chi connectivity index (χ0n) is 15.9. The first-order valence-electron chi connectivity index (χ1n) is 8.76. The lowest BCUT2D eigenvalue weighted by Crippen LogP contribution is -2.42. The van der Waals surface area contributed by atoms with Crippen molar-refractivity contribution in [3.05, 3.63) is 18.2 Å². The van der Waals surface area contributed by atoms with Crippen LogP contribution in [0, 0.1) is 5.92 Å². The molecule has 1 aliphatic heterocycles. The summed E-state index contributed by atoms with van der Waals surface area (Å²) < 4.78 is 16.1. The summed E-state index contributed by atoms with van der Waals surface area (Å²) in [7, 11) is 3.29. The number of ether oxygens (including phenoxy) is 3. The van der Waals surface area contributed by atoms with E-state index in [0.717, 1.165) is 49.7 Å². The molecule has 140 valence electrons. The molecule has 0 saturated carbocycles. The van der Waals surface area contributed by atoms with Gasteiger partial charge in [0.25, 0.3) is 0 Å². The van der Waals surface area contributed by atoms with Crippen LogP contribution in [0.25, 0.3) is 0 Å². The maximum absolute atomic E-state index is 12.1. The predicted molar refractivity (Wildman–Crippen MR) is 98.6 cm³/mol. The van der Waals surface area contributed by atoms with Gasteiger partial charge in [-0.25, -0.2) is 4.79 Å². The first-order valence-corrected chi connectivity index (χ1v) is 8.76. The number of rotatable bonds is 5. The normalized spacial score (nSPS) is 15.6. The van der Waals surface area contributed by atoms with Crippen molar-refractivity contribution >= 4 is 11.8 Å². The smallest absolute Gasteiger partial charge is 0.410 e. The van der Waals surface area contributed by atoms with Crippen molar-refractivity contribution in [2.75, 3.05) is 39.2 Å². The Labute approximate surface area is 150 Å². The molecule has 1 amide bonds. The number of likely N-dealkylation sites (tertiary alicyclic amines) is 1. The second-order valence-electron chi connectivity index (χ2n) is 7.36. The number of methoxy groups -OCH3 is 2. The highest BCUT2D eigenvalue weighted by atomic mass is 16.6. The van der Waals surface area contributed by atoms with Crippen LogP contribution in [0.3, 0.4) is 0 Å². The zero-order valence-corrected chi connectivity index (χ0v) is 15.9. The number of piperidine rings is 1. The van der Waals surface area contributed by atoms with Gasteiger partial charge in [0.15, 0.2) is 0 Å². The van der Waals surface area contributed by atoms with Gasteiger partial charge in [-0.2, -0.15) is 0 Å². The minimum Gasteiger partial charge on any atom is -0.497 e. The second kappa shape index (κ2) is 8.32. The molecular formula is C19H30N2O4. The van der Waals surface area contributed by atoms with Crippen LogP contribution >= 0.6 is 0 Å². The Hall–Kier alpha value is -2.11. The van der Waals surface area contributed by atoms with Gasteiger partial charge in [-0.05, 0) is 51.7 Å². The van der Waals surface area contributed by atoms with Crippen LogP contribution in [0.5, 0.6) is 11.5 Å². The van der Waals surface area contributed by atoms with Gasteiger partial charge in [-0.3, -0.25) is 0 Å². The van der Waals surface area contributed by atoms with Gasteiger partial charge in [0.1, 0.15) is 17.1 Å². The summed E-state index contributed by atoms with van der Waals surface area (Å²) in [5.41, 5.74) is 0.512. The summed E-state index contributed by atoms with van der Waals surface area (Å²) in [5, 5.41) is 3.45. The van der Waals surface area contributed by atoms with Crippen LogP contribution in [0.2, 0.25) is 0 Å². The molecular weight excluding hydrogens is 320 g/mol. The Morgan fingerprint density at radius 2 is 1.88 bits per heavy atom. The van der Waals surface area contributed by atoms with E-state index in [2.05, 4.69) is 5.32 Å². The van der Waals surface area contributed by atoms with Crippen molar-refractivity contribution in [1.82, 2.24) is 4.90 Å². The summed E-state index contributed by atoms with van der Waals surface area (Å²) in [6, 6.07) is 5.75. The van der Waals surface area contributed by atoms with E-state index in [1.807, 2.05) is 39.0 Å².